The van der Waals surface area contributed by atoms with E-state index in [1.165, 1.54) is 4.90 Å². The quantitative estimate of drug-likeness (QED) is 0.517. The van der Waals surface area contributed by atoms with Crippen molar-refractivity contribution in [3.05, 3.63) is 44.0 Å². The van der Waals surface area contributed by atoms with Gasteiger partial charge < -0.3 is 15.0 Å². The van der Waals surface area contributed by atoms with Crippen LogP contribution in [0.15, 0.2) is 18.2 Å². The summed E-state index contributed by atoms with van der Waals surface area (Å²) in [7, 11) is 0. The highest BCUT2D eigenvalue weighted by molar-refractivity contribution is 5.98. The van der Waals surface area contributed by atoms with Crippen molar-refractivity contribution in [2.45, 2.75) is 0 Å². The van der Waals surface area contributed by atoms with Gasteiger partial charge in [0.1, 0.15) is 18.7 Å². The van der Waals surface area contributed by atoms with Crippen molar-refractivity contribution < 1.29 is 24.3 Å². The predicted molar refractivity (Wildman–Crippen MR) is 78.5 cm³/mol. The molecule has 0 unspecified atom stereocenters. The minimum atomic E-state index is -0.796. The highest BCUT2D eigenvalue weighted by Gasteiger charge is 2.24. The molecule has 1 amide bonds. The first-order chi connectivity index (χ1) is 11.0. The molecule has 23 heavy (non-hydrogen) atoms. The first kappa shape index (κ1) is 16.8. The molecule has 0 saturated carbocycles. The molecule has 2 N–H and O–H groups in total. The zero-order valence-corrected chi connectivity index (χ0v) is 12.3. The maximum absolute atomic E-state index is 12.1. The molecule has 2 rings (SSSR count). The van der Waals surface area contributed by atoms with E-state index in [9.17, 15) is 25.0 Å². The Morgan fingerprint density at radius 2 is 1.91 bits per heavy atom. The van der Waals surface area contributed by atoms with Gasteiger partial charge in [0.05, 0.1) is 42.2 Å². The Kier molecular flexibility index (Phi) is 5.55. The molecule has 10 nitrogen and oxygen atoms in total. The summed E-state index contributed by atoms with van der Waals surface area (Å²) in [5.74, 6) is -0.612. The van der Waals surface area contributed by atoms with Gasteiger partial charge in [0.15, 0.2) is 0 Å². The molecular formula is C13H17N4O6+. The molecule has 1 heterocycles. The number of rotatable bonds is 6. The van der Waals surface area contributed by atoms with Crippen LogP contribution in [0.25, 0.3) is 0 Å². The predicted octanol–water partition coefficient (Wildman–Crippen LogP) is -0.852. The number of non-ortho nitro benzene ring substituents is 1. The van der Waals surface area contributed by atoms with Crippen molar-refractivity contribution in [2.75, 3.05) is 39.4 Å². The molecule has 1 saturated heterocycles. The number of hydrogen-bond donors (Lipinski definition) is 2. The number of morpholine rings is 1. The molecule has 1 aliphatic rings. The lowest BCUT2D eigenvalue weighted by Crippen LogP contribution is -3.14. The maximum atomic E-state index is 12.1. The van der Waals surface area contributed by atoms with E-state index in [1.807, 2.05) is 0 Å². The van der Waals surface area contributed by atoms with E-state index in [1.54, 1.807) is 0 Å². The molecule has 1 aliphatic heterocycles. The minimum Gasteiger partial charge on any atom is -0.370 e. The number of amides is 1. The molecular weight excluding hydrogens is 308 g/mol. The van der Waals surface area contributed by atoms with Gasteiger partial charge >= 0.3 is 0 Å². The number of quaternary nitrogens is 1. The van der Waals surface area contributed by atoms with Crippen molar-refractivity contribution in [1.29, 1.82) is 0 Å². The molecule has 124 valence electrons. The molecule has 1 aromatic carbocycles. The Hall–Kier alpha value is -2.59. The van der Waals surface area contributed by atoms with Crippen molar-refractivity contribution >= 4 is 17.3 Å². The van der Waals surface area contributed by atoms with E-state index in [0.717, 1.165) is 31.3 Å². The van der Waals surface area contributed by atoms with Crippen LogP contribution < -0.4 is 10.2 Å². The third-order valence-corrected chi connectivity index (χ3v) is 3.60. The van der Waals surface area contributed by atoms with Gasteiger partial charge in [-0.25, -0.2) is 0 Å². The standard InChI is InChI=1S/C13H16N4O6/c18-13(14-3-4-15-5-7-23-8-6-15)11-2-1-10(16(19)20)9-12(11)17(21)22/h1-2,9H,3-8H2,(H,14,18)/p+1. The molecule has 1 aromatic rings. The molecule has 1 fully saturated rings. The van der Waals surface area contributed by atoms with Crippen LogP contribution in [-0.2, 0) is 4.74 Å². The van der Waals surface area contributed by atoms with Gasteiger partial charge in [0.2, 0.25) is 0 Å². The molecule has 0 spiro atoms. The average Bonchev–Trinajstić information content (AvgIpc) is 2.55. The lowest BCUT2D eigenvalue weighted by molar-refractivity contribution is -0.906. The fourth-order valence-corrected chi connectivity index (χ4v) is 2.33. The Balaban J connectivity index is 2.00. The smallest absolute Gasteiger partial charge is 0.289 e. The van der Waals surface area contributed by atoms with Crippen LogP contribution in [0.3, 0.4) is 0 Å². The number of nitro benzene ring substituents is 2. The summed E-state index contributed by atoms with van der Waals surface area (Å²) in [6.45, 7) is 4.12. The van der Waals surface area contributed by atoms with Gasteiger partial charge in [-0.2, -0.15) is 0 Å². The number of ether oxygens (including phenoxy) is 1. The van der Waals surface area contributed by atoms with Crippen molar-refractivity contribution in [2.24, 2.45) is 0 Å². The molecule has 0 atom stereocenters. The lowest BCUT2D eigenvalue weighted by atomic mass is 10.1. The molecule has 0 aliphatic carbocycles. The normalized spacial score (nSPS) is 15.1. The van der Waals surface area contributed by atoms with Gasteiger partial charge in [-0.05, 0) is 6.07 Å². The van der Waals surface area contributed by atoms with Gasteiger partial charge in [0.25, 0.3) is 17.3 Å². The number of benzene rings is 1. The maximum Gasteiger partial charge on any atom is 0.289 e. The van der Waals surface area contributed by atoms with E-state index < -0.39 is 27.1 Å². The zero-order chi connectivity index (χ0) is 16.8. The first-order valence-electron chi connectivity index (χ1n) is 7.11. The minimum absolute atomic E-state index is 0.183. The second kappa shape index (κ2) is 7.61. The van der Waals surface area contributed by atoms with Gasteiger partial charge in [-0.1, -0.05) is 0 Å². The highest BCUT2D eigenvalue weighted by atomic mass is 16.6. The van der Waals surface area contributed by atoms with Crippen LogP contribution in [0.2, 0.25) is 0 Å². The zero-order valence-electron chi connectivity index (χ0n) is 12.3. The van der Waals surface area contributed by atoms with E-state index in [0.29, 0.717) is 26.3 Å². The van der Waals surface area contributed by atoms with Crippen LogP contribution in [0.4, 0.5) is 11.4 Å². The number of nitro groups is 2. The number of carbonyl (C=O) groups is 1. The fourth-order valence-electron chi connectivity index (χ4n) is 2.33. The van der Waals surface area contributed by atoms with Crippen molar-refractivity contribution in [3.63, 3.8) is 0 Å². The van der Waals surface area contributed by atoms with Gasteiger partial charge in [-0.15, -0.1) is 0 Å². The molecule has 0 bridgehead atoms. The number of carbonyl (C=O) groups excluding carboxylic acids is 1. The summed E-state index contributed by atoms with van der Waals surface area (Å²) in [5.41, 5.74) is -1.18. The summed E-state index contributed by atoms with van der Waals surface area (Å²) in [5, 5.41) is 24.3. The second-order valence-electron chi connectivity index (χ2n) is 5.08. The largest absolute Gasteiger partial charge is 0.370 e. The Bertz CT molecular complexity index is 614. The van der Waals surface area contributed by atoms with Crippen molar-refractivity contribution in [1.82, 2.24) is 5.32 Å². The van der Waals surface area contributed by atoms with Crippen LogP contribution in [0, 0.1) is 20.2 Å². The molecule has 0 radical (unpaired) electrons. The van der Waals surface area contributed by atoms with E-state index >= 15 is 0 Å². The topological polar surface area (TPSA) is 129 Å². The third-order valence-electron chi connectivity index (χ3n) is 3.60. The summed E-state index contributed by atoms with van der Waals surface area (Å²) < 4.78 is 5.23. The third kappa shape index (κ3) is 4.44. The summed E-state index contributed by atoms with van der Waals surface area (Å²) in [6, 6.07) is 2.98. The Morgan fingerprint density at radius 1 is 1.22 bits per heavy atom. The van der Waals surface area contributed by atoms with Crippen LogP contribution in [0.5, 0.6) is 0 Å². The fraction of sp³-hybridized carbons (Fsp3) is 0.462. The van der Waals surface area contributed by atoms with E-state index in [-0.39, 0.29) is 5.56 Å². The summed E-state index contributed by atoms with van der Waals surface area (Å²) in [4.78, 5) is 33.5. The highest BCUT2D eigenvalue weighted by Crippen LogP contribution is 2.24. The van der Waals surface area contributed by atoms with E-state index in [2.05, 4.69) is 5.32 Å². The van der Waals surface area contributed by atoms with Crippen LogP contribution in [0.1, 0.15) is 10.4 Å². The monoisotopic (exact) mass is 325 g/mol. The Morgan fingerprint density at radius 3 is 2.52 bits per heavy atom. The van der Waals surface area contributed by atoms with E-state index in [4.69, 9.17) is 4.74 Å². The first-order valence-corrected chi connectivity index (χ1v) is 7.11. The molecule has 10 heteroatoms. The summed E-state index contributed by atoms with van der Waals surface area (Å²) >= 11 is 0. The summed E-state index contributed by atoms with van der Waals surface area (Å²) in [6.07, 6.45) is 0. The van der Waals surface area contributed by atoms with Gasteiger partial charge in [0, 0.05) is 6.07 Å². The lowest BCUT2D eigenvalue weighted by Gasteiger charge is -2.23. The number of nitrogens with zero attached hydrogens (tertiary/aromatic N) is 2. The average molecular weight is 325 g/mol. The van der Waals surface area contributed by atoms with Gasteiger partial charge in [-0.3, -0.25) is 25.0 Å². The number of nitrogens with one attached hydrogen (secondary N) is 2. The van der Waals surface area contributed by atoms with Crippen LogP contribution in [-0.4, -0.2) is 55.1 Å². The van der Waals surface area contributed by atoms with Crippen LogP contribution >= 0.6 is 0 Å². The molecule has 0 aromatic heterocycles. The Labute approximate surface area is 131 Å². The second-order valence-corrected chi connectivity index (χ2v) is 5.08. The SMILES string of the molecule is O=C(NCC[NH+]1CCOCC1)c1ccc([N+](=O)[O-])cc1[N+](=O)[O-]. The number of hydrogen-bond acceptors (Lipinski definition) is 6. The van der Waals surface area contributed by atoms with Crippen molar-refractivity contribution in [3.8, 4) is 0 Å².